The average Bonchev–Trinajstić information content (AvgIpc) is 2.40. The Bertz CT molecular complexity index is 567. The van der Waals surface area contributed by atoms with Crippen LogP contribution in [0.2, 0.25) is 0 Å². The van der Waals surface area contributed by atoms with Crippen molar-refractivity contribution in [3.05, 3.63) is 48.3 Å². The molecule has 0 amide bonds. The maximum Gasteiger partial charge on any atom is 0.337 e. The molecule has 0 radical (unpaired) electrons. The van der Waals surface area contributed by atoms with Crippen LogP contribution in [0.5, 0.6) is 0 Å². The maximum absolute atomic E-state index is 10.9. The molecule has 0 aliphatic rings. The van der Waals surface area contributed by atoms with Crippen LogP contribution in [0.4, 0.5) is 5.69 Å². The predicted molar refractivity (Wildman–Crippen MR) is 70.8 cm³/mol. The zero-order chi connectivity index (χ0) is 13.0. The summed E-state index contributed by atoms with van der Waals surface area (Å²) in [5.74, 6) is -0.967. The zero-order valence-electron chi connectivity index (χ0n) is 10.1. The van der Waals surface area contributed by atoms with E-state index in [1.54, 1.807) is 12.3 Å². The highest BCUT2D eigenvalue weighted by Crippen LogP contribution is 2.27. The minimum Gasteiger partial charge on any atom is -0.478 e. The Kier molecular flexibility index (Phi) is 3.57. The third-order valence-electron chi connectivity index (χ3n) is 2.59. The first-order chi connectivity index (χ1) is 8.72. The largest absolute Gasteiger partial charge is 0.478 e. The number of aromatic carboxylic acids is 1. The Balaban J connectivity index is 2.48. The number of carboxylic acid groups (broad SMARTS) is 1. The van der Waals surface area contributed by atoms with Gasteiger partial charge in [-0.05, 0) is 19.1 Å². The molecule has 2 aromatic rings. The molecular formula is C14H14N2O2. The number of carbonyl (C=O) groups is 1. The summed E-state index contributed by atoms with van der Waals surface area (Å²) in [6.45, 7) is 2.83. The first-order valence-corrected chi connectivity index (χ1v) is 5.74. The van der Waals surface area contributed by atoms with Crippen molar-refractivity contribution in [3.8, 4) is 11.1 Å². The summed E-state index contributed by atoms with van der Waals surface area (Å²) >= 11 is 0. The minimum atomic E-state index is -0.967. The number of nitrogens with one attached hydrogen (secondary N) is 1. The number of hydrogen-bond acceptors (Lipinski definition) is 3. The van der Waals surface area contributed by atoms with Gasteiger partial charge in [-0.25, -0.2) is 4.79 Å². The van der Waals surface area contributed by atoms with Crippen molar-refractivity contribution in [1.29, 1.82) is 0 Å². The van der Waals surface area contributed by atoms with E-state index >= 15 is 0 Å². The summed E-state index contributed by atoms with van der Waals surface area (Å²) in [6.07, 6.45) is 3.02. The van der Waals surface area contributed by atoms with Crippen molar-refractivity contribution < 1.29 is 9.90 Å². The van der Waals surface area contributed by atoms with E-state index in [1.165, 1.54) is 6.20 Å². The second-order valence-electron chi connectivity index (χ2n) is 3.84. The highest BCUT2D eigenvalue weighted by atomic mass is 16.4. The number of benzene rings is 1. The van der Waals surface area contributed by atoms with Crippen LogP contribution in [0, 0.1) is 0 Å². The first-order valence-electron chi connectivity index (χ1n) is 5.74. The lowest BCUT2D eigenvalue weighted by molar-refractivity contribution is 0.0696. The van der Waals surface area contributed by atoms with Crippen LogP contribution in [-0.2, 0) is 0 Å². The SMILES string of the molecule is CCNc1ccccc1-c1cncc(C(=O)O)c1. The summed E-state index contributed by atoms with van der Waals surface area (Å²) in [7, 11) is 0. The smallest absolute Gasteiger partial charge is 0.337 e. The quantitative estimate of drug-likeness (QED) is 0.865. The summed E-state index contributed by atoms with van der Waals surface area (Å²) in [5.41, 5.74) is 2.92. The Labute approximate surface area is 105 Å². The molecule has 0 saturated carbocycles. The highest BCUT2D eigenvalue weighted by molar-refractivity contribution is 5.90. The van der Waals surface area contributed by atoms with Crippen molar-refractivity contribution in [2.75, 3.05) is 11.9 Å². The number of hydrogen-bond donors (Lipinski definition) is 2. The molecule has 1 aromatic heterocycles. The molecule has 0 bridgehead atoms. The molecule has 0 unspecified atom stereocenters. The number of nitrogens with zero attached hydrogens (tertiary/aromatic N) is 1. The molecule has 2 rings (SSSR count). The fourth-order valence-corrected chi connectivity index (χ4v) is 1.78. The third kappa shape index (κ3) is 2.48. The molecule has 0 aliphatic heterocycles. The summed E-state index contributed by atoms with van der Waals surface area (Å²) in [6, 6.07) is 9.40. The van der Waals surface area contributed by atoms with Crippen molar-refractivity contribution in [1.82, 2.24) is 4.98 Å². The van der Waals surface area contributed by atoms with Crippen molar-refractivity contribution in [2.45, 2.75) is 6.92 Å². The molecule has 0 atom stereocenters. The second-order valence-corrected chi connectivity index (χ2v) is 3.84. The van der Waals surface area contributed by atoms with E-state index in [-0.39, 0.29) is 5.56 Å². The molecule has 0 fully saturated rings. The number of rotatable bonds is 4. The van der Waals surface area contributed by atoms with E-state index in [2.05, 4.69) is 10.3 Å². The lowest BCUT2D eigenvalue weighted by atomic mass is 10.0. The van der Waals surface area contributed by atoms with Gasteiger partial charge in [0.15, 0.2) is 0 Å². The minimum absolute atomic E-state index is 0.193. The molecule has 2 N–H and O–H groups in total. The monoisotopic (exact) mass is 242 g/mol. The maximum atomic E-state index is 10.9. The van der Waals surface area contributed by atoms with Gasteiger partial charge in [0.2, 0.25) is 0 Å². The van der Waals surface area contributed by atoms with Gasteiger partial charge < -0.3 is 10.4 Å². The zero-order valence-corrected chi connectivity index (χ0v) is 10.1. The van der Waals surface area contributed by atoms with Gasteiger partial charge in [0.1, 0.15) is 0 Å². The topological polar surface area (TPSA) is 62.2 Å². The van der Waals surface area contributed by atoms with Gasteiger partial charge in [-0.3, -0.25) is 4.98 Å². The van der Waals surface area contributed by atoms with E-state index in [0.717, 1.165) is 23.4 Å². The molecule has 1 aromatic carbocycles. The van der Waals surface area contributed by atoms with Gasteiger partial charge in [-0.2, -0.15) is 0 Å². The Morgan fingerprint density at radius 2 is 2.11 bits per heavy atom. The van der Waals surface area contributed by atoms with E-state index in [9.17, 15) is 4.79 Å². The van der Waals surface area contributed by atoms with Gasteiger partial charge in [0, 0.05) is 35.8 Å². The van der Waals surface area contributed by atoms with Crippen LogP contribution in [0.3, 0.4) is 0 Å². The van der Waals surface area contributed by atoms with E-state index < -0.39 is 5.97 Å². The number of para-hydroxylation sites is 1. The lowest BCUT2D eigenvalue weighted by Gasteiger charge is -2.10. The normalized spacial score (nSPS) is 10.1. The number of aromatic nitrogens is 1. The van der Waals surface area contributed by atoms with Gasteiger partial charge in [-0.15, -0.1) is 0 Å². The van der Waals surface area contributed by atoms with Crippen molar-refractivity contribution in [3.63, 3.8) is 0 Å². The highest BCUT2D eigenvalue weighted by Gasteiger charge is 2.08. The second kappa shape index (κ2) is 5.31. The van der Waals surface area contributed by atoms with Crippen LogP contribution >= 0.6 is 0 Å². The molecule has 4 heteroatoms. The molecule has 4 nitrogen and oxygen atoms in total. The lowest BCUT2D eigenvalue weighted by Crippen LogP contribution is -2.00. The molecule has 92 valence electrons. The van der Waals surface area contributed by atoms with E-state index in [1.807, 2.05) is 31.2 Å². The molecule has 0 spiro atoms. The number of pyridine rings is 1. The van der Waals surface area contributed by atoms with Crippen LogP contribution in [-0.4, -0.2) is 22.6 Å². The summed E-state index contributed by atoms with van der Waals surface area (Å²) < 4.78 is 0. The Morgan fingerprint density at radius 1 is 1.33 bits per heavy atom. The van der Waals surface area contributed by atoms with Crippen LogP contribution in [0.1, 0.15) is 17.3 Å². The van der Waals surface area contributed by atoms with Gasteiger partial charge >= 0.3 is 5.97 Å². The van der Waals surface area contributed by atoms with E-state index in [4.69, 9.17) is 5.11 Å². The van der Waals surface area contributed by atoms with E-state index in [0.29, 0.717) is 0 Å². The third-order valence-corrected chi connectivity index (χ3v) is 2.59. The van der Waals surface area contributed by atoms with Crippen molar-refractivity contribution in [2.24, 2.45) is 0 Å². The molecule has 1 heterocycles. The predicted octanol–water partition coefficient (Wildman–Crippen LogP) is 2.88. The van der Waals surface area contributed by atoms with Crippen LogP contribution in [0.25, 0.3) is 11.1 Å². The number of anilines is 1. The molecular weight excluding hydrogens is 228 g/mol. The standard InChI is InChI=1S/C14H14N2O2/c1-2-16-13-6-4-3-5-12(13)10-7-11(14(17)18)9-15-8-10/h3-9,16H,2H2,1H3,(H,17,18). The van der Waals surface area contributed by atoms with Crippen LogP contribution in [0.15, 0.2) is 42.7 Å². The number of carboxylic acids is 1. The molecule has 0 saturated heterocycles. The average molecular weight is 242 g/mol. The van der Waals surface area contributed by atoms with Crippen LogP contribution < -0.4 is 5.32 Å². The fraction of sp³-hybridized carbons (Fsp3) is 0.143. The summed E-state index contributed by atoms with van der Waals surface area (Å²) in [4.78, 5) is 14.9. The van der Waals surface area contributed by atoms with Gasteiger partial charge in [0.05, 0.1) is 5.56 Å². The first kappa shape index (κ1) is 12.1. The fourth-order valence-electron chi connectivity index (χ4n) is 1.78. The summed E-state index contributed by atoms with van der Waals surface area (Å²) in [5, 5.41) is 12.2. The molecule has 18 heavy (non-hydrogen) atoms. The Hall–Kier alpha value is -2.36. The Morgan fingerprint density at radius 3 is 2.83 bits per heavy atom. The van der Waals surface area contributed by atoms with Gasteiger partial charge in [-0.1, -0.05) is 18.2 Å². The van der Waals surface area contributed by atoms with Crippen molar-refractivity contribution >= 4 is 11.7 Å². The molecule has 0 aliphatic carbocycles. The van der Waals surface area contributed by atoms with Gasteiger partial charge in [0.25, 0.3) is 0 Å².